The van der Waals surface area contributed by atoms with Gasteiger partial charge in [-0.15, -0.1) is 0 Å². The van der Waals surface area contributed by atoms with Crippen LogP contribution in [0.25, 0.3) is 0 Å². The highest BCUT2D eigenvalue weighted by molar-refractivity contribution is 5.95. The van der Waals surface area contributed by atoms with Gasteiger partial charge in [-0.3, -0.25) is 4.79 Å². The number of aliphatic hydroxyl groups is 2. The number of hydrogen-bond donors (Lipinski definition) is 2. The number of likely N-dealkylation sites (tertiary alicyclic amines) is 1. The van der Waals surface area contributed by atoms with Crippen LogP contribution >= 0.6 is 0 Å². The van der Waals surface area contributed by atoms with Gasteiger partial charge in [0.15, 0.2) is 0 Å². The monoisotopic (exact) mass is 225 g/mol. The summed E-state index contributed by atoms with van der Waals surface area (Å²) in [6.45, 7) is 3.84. The predicted octanol–water partition coefficient (Wildman–Crippen LogP) is 0.0740. The van der Waals surface area contributed by atoms with E-state index >= 15 is 0 Å². The zero-order valence-corrected chi connectivity index (χ0v) is 9.30. The van der Waals surface area contributed by atoms with Crippen LogP contribution in [0.5, 0.6) is 0 Å². The number of nitrogens with zero attached hydrogens (tertiary/aromatic N) is 1. The standard InChI is InChI=1S/C11H15NO4/c1-6-3-8(7(2)16-6)11(15)12-4-9(13)10(14)5-12/h3,9-10,13-14H,4-5H2,1-2H3/t9-,10+. The molecule has 0 bridgehead atoms. The number of β-amino-alcohol motifs (C(OH)–C–C–N with tert-alkyl or cyclic N) is 2. The number of carbonyl (C=O) groups excluding carboxylic acids is 1. The van der Waals surface area contributed by atoms with Gasteiger partial charge in [0, 0.05) is 13.1 Å². The van der Waals surface area contributed by atoms with E-state index in [2.05, 4.69) is 0 Å². The summed E-state index contributed by atoms with van der Waals surface area (Å²) in [6.07, 6.45) is -1.70. The van der Waals surface area contributed by atoms with E-state index in [4.69, 9.17) is 4.42 Å². The number of carbonyl (C=O) groups is 1. The lowest BCUT2D eigenvalue weighted by atomic mass is 10.2. The first kappa shape index (κ1) is 11.2. The Labute approximate surface area is 93.3 Å². The highest BCUT2D eigenvalue weighted by atomic mass is 16.3. The molecule has 5 heteroatoms. The Morgan fingerprint density at radius 2 is 1.94 bits per heavy atom. The lowest BCUT2D eigenvalue weighted by molar-refractivity contribution is 0.0572. The van der Waals surface area contributed by atoms with Gasteiger partial charge in [-0.2, -0.15) is 0 Å². The summed E-state index contributed by atoms with van der Waals surface area (Å²) in [4.78, 5) is 13.5. The fraction of sp³-hybridized carbons (Fsp3) is 0.545. The SMILES string of the molecule is Cc1cc(C(=O)N2C[C@@H](O)[C@@H](O)C2)c(C)o1. The molecule has 1 fully saturated rings. The molecule has 1 aromatic rings. The fourth-order valence-electron chi connectivity index (χ4n) is 1.95. The first-order valence-corrected chi connectivity index (χ1v) is 5.21. The van der Waals surface area contributed by atoms with Crippen molar-refractivity contribution in [2.75, 3.05) is 13.1 Å². The molecule has 0 radical (unpaired) electrons. The molecule has 88 valence electrons. The lowest BCUT2D eigenvalue weighted by Gasteiger charge is -2.14. The van der Waals surface area contributed by atoms with E-state index < -0.39 is 12.2 Å². The average molecular weight is 225 g/mol. The molecule has 5 nitrogen and oxygen atoms in total. The van der Waals surface area contributed by atoms with Crippen molar-refractivity contribution in [3.63, 3.8) is 0 Å². The van der Waals surface area contributed by atoms with Crippen molar-refractivity contribution in [1.82, 2.24) is 4.90 Å². The molecule has 1 aliphatic rings. The van der Waals surface area contributed by atoms with Gasteiger partial charge < -0.3 is 19.5 Å². The summed E-state index contributed by atoms with van der Waals surface area (Å²) in [5.41, 5.74) is 0.499. The minimum absolute atomic E-state index is 0.170. The smallest absolute Gasteiger partial charge is 0.257 e. The summed E-state index contributed by atoms with van der Waals surface area (Å²) >= 11 is 0. The summed E-state index contributed by atoms with van der Waals surface area (Å²) in [6, 6.07) is 1.68. The van der Waals surface area contributed by atoms with Gasteiger partial charge in [0.25, 0.3) is 5.91 Å². The Morgan fingerprint density at radius 3 is 2.38 bits per heavy atom. The van der Waals surface area contributed by atoms with Gasteiger partial charge in [-0.05, 0) is 19.9 Å². The largest absolute Gasteiger partial charge is 0.466 e. The molecule has 1 aliphatic heterocycles. The van der Waals surface area contributed by atoms with Crippen molar-refractivity contribution in [2.45, 2.75) is 26.1 Å². The molecule has 2 heterocycles. The van der Waals surface area contributed by atoms with Crippen LogP contribution in [0, 0.1) is 13.8 Å². The minimum atomic E-state index is -0.850. The molecule has 0 saturated carbocycles. The normalized spacial score (nSPS) is 25.1. The second kappa shape index (κ2) is 3.92. The quantitative estimate of drug-likeness (QED) is 0.709. The van der Waals surface area contributed by atoms with Gasteiger partial charge in [0.05, 0.1) is 17.8 Å². The van der Waals surface area contributed by atoms with Gasteiger partial charge in [-0.25, -0.2) is 0 Å². The fourth-order valence-corrected chi connectivity index (χ4v) is 1.95. The second-order valence-electron chi connectivity index (χ2n) is 4.17. The molecule has 0 aromatic carbocycles. The highest BCUT2D eigenvalue weighted by Crippen LogP contribution is 2.19. The van der Waals surface area contributed by atoms with Crippen LogP contribution in [0.1, 0.15) is 21.9 Å². The topological polar surface area (TPSA) is 73.9 Å². The van der Waals surface area contributed by atoms with Crippen molar-refractivity contribution in [1.29, 1.82) is 0 Å². The molecule has 2 rings (SSSR count). The minimum Gasteiger partial charge on any atom is -0.466 e. The van der Waals surface area contributed by atoms with Crippen molar-refractivity contribution < 1.29 is 19.4 Å². The molecule has 2 N–H and O–H groups in total. The number of hydrogen-bond acceptors (Lipinski definition) is 4. The summed E-state index contributed by atoms with van der Waals surface area (Å²) in [5.74, 6) is 1.05. The summed E-state index contributed by atoms with van der Waals surface area (Å²) in [5, 5.41) is 18.7. The van der Waals surface area contributed by atoms with E-state index in [-0.39, 0.29) is 19.0 Å². The highest BCUT2D eigenvalue weighted by Gasteiger charge is 2.33. The van der Waals surface area contributed by atoms with Crippen LogP contribution in [0.15, 0.2) is 10.5 Å². The molecule has 0 aliphatic carbocycles. The number of furan rings is 1. The third kappa shape index (κ3) is 1.83. The third-order valence-electron chi connectivity index (χ3n) is 2.82. The van der Waals surface area contributed by atoms with E-state index in [1.165, 1.54) is 4.90 Å². The zero-order chi connectivity index (χ0) is 11.9. The molecule has 1 saturated heterocycles. The summed E-state index contributed by atoms with van der Waals surface area (Å²) in [7, 11) is 0. The van der Waals surface area contributed by atoms with Crippen LogP contribution in [-0.2, 0) is 0 Å². The van der Waals surface area contributed by atoms with Gasteiger partial charge in [0.1, 0.15) is 11.5 Å². The predicted molar refractivity (Wildman–Crippen MR) is 56.1 cm³/mol. The van der Waals surface area contributed by atoms with Crippen LogP contribution in [0.3, 0.4) is 0 Å². The van der Waals surface area contributed by atoms with Crippen molar-refractivity contribution in [2.24, 2.45) is 0 Å². The molecular formula is C11H15NO4. The second-order valence-corrected chi connectivity index (χ2v) is 4.17. The first-order chi connectivity index (χ1) is 7.49. The number of rotatable bonds is 1. The maximum atomic E-state index is 12.0. The number of aliphatic hydroxyl groups excluding tert-OH is 2. The molecule has 0 spiro atoms. The Morgan fingerprint density at radius 1 is 1.38 bits per heavy atom. The maximum absolute atomic E-state index is 12.0. The summed E-state index contributed by atoms with van der Waals surface area (Å²) < 4.78 is 5.28. The van der Waals surface area contributed by atoms with Crippen molar-refractivity contribution >= 4 is 5.91 Å². The van der Waals surface area contributed by atoms with Gasteiger partial charge in [0.2, 0.25) is 0 Å². The molecule has 2 atom stereocenters. The van der Waals surface area contributed by atoms with E-state index in [9.17, 15) is 15.0 Å². The van der Waals surface area contributed by atoms with Crippen LogP contribution in [0.2, 0.25) is 0 Å². The first-order valence-electron chi connectivity index (χ1n) is 5.21. The maximum Gasteiger partial charge on any atom is 0.257 e. The van der Waals surface area contributed by atoms with Crippen LogP contribution in [-0.4, -0.2) is 46.3 Å². The van der Waals surface area contributed by atoms with Gasteiger partial charge in [-0.1, -0.05) is 0 Å². The Balaban J connectivity index is 2.17. The average Bonchev–Trinajstić information content (AvgIpc) is 2.70. The number of amides is 1. The zero-order valence-electron chi connectivity index (χ0n) is 9.30. The molecule has 1 amide bonds. The van der Waals surface area contributed by atoms with Crippen molar-refractivity contribution in [3.05, 3.63) is 23.2 Å². The Kier molecular flexibility index (Phi) is 2.73. The van der Waals surface area contributed by atoms with Crippen LogP contribution in [0.4, 0.5) is 0 Å². The molecule has 1 aromatic heterocycles. The van der Waals surface area contributed by atoms with E-state index in [1.807, 2.05) is 0 Å². The van der Waals surface area contributed by atoms with Crippen LogP contribution < -0.4 is 0 Å². The van der Waals surface area contributed by atoms with Gasteiger partial charge >= 0.3 is 0 Å². The lowest BCUT2D eigenvalue weighted by Crippen LogP contribution is -2.29. The number of aryl methyl sites for hydroxylation is 2. The third-order valence-corrected chi connectivity index (χ3v) is 2.82. The Bertz CT molecular complexity index is 402. The molecular weight excluding hydrogens is 210 g/mol. The van der Waals surface area contributed by atoms with E-state index in [0.29, 0.717) is 17.1 Å². The Hall–Kier alpha value is -1.33. The van der Waals surface area contributed by atoms with Crippen molar-refractivity contribution in [3.8, 4) is 0 Å². The molecule has 16 heavy (non-hydrogen) atoms. The van der Waals surface area contributed by atoms with E-state index in [0.717, 1.165) is 0 Å². The molecule has 0 unspecified atom stereocenters. The van der Waals surface area contributed by atoms with E-state index in [1.54, 1.807) is 19.9 Å².